The van der Waals surface area contributed by atoms with Gasteiger partial charge >= 0.3 is 11.8 Å². The van der Waals surface area contributed by atoms with Gasteiger partial charge in [0.1, 0.15) is 11.5 Å². The van der Waals surface area contributed by atoms with Gasteiger partial charge in [0.25, 0.3) is 0 Å². The maximum absolute atomic E-state index is 12.2. The molecule has 1 atom stereocenters. The maximum Gasteiger partial charge on any atom is 0.309 e. The average Bonchev–Trinajstić information content (AvgIpc) is 3.44. The summed E-state index contributed by atoms with van der Waals surface area (Å²) < 4.78 is 10.6. The molecule has 1 aromatic carbocycles. The second-order valence-electron chi connectivity index (χ2n) is 5.99. The van der Waals surface area contributed by atoms with Crippen LogP contribution in [0.5, 0.6) is 5.75 Å². The van der Waals surface area contributed by atoms with Gasteiger partial charge in [-0.1, -0.05) is 24.3 Å². The van der Waals surface area contributed by atoms with Crippen molar-refractivity contribution in [3.05, 3.63) is 76.4 Å². The number of ether oxygens (including phenoxy) is 1. The van der Waals surface area contributed by atoms with E-state index in [0.29, 0.717) is 10.6 Å². The summed E-state index contributed by atoms with van der Waals surface area (Å²) in [5, 5.41) is 17.9. The van der Waals surface area contributed by atoms with Crippen LogP contribution in [0.2, 0.25) is 0 Å². The van der Waals surface area contributed by atoms with Gasteiger partial charge in [-0.2, -0.15) is 0 Å². The number of aliphatic hydroxyl groups is 1. The molecular weight excluding hydrogens is 380 g/mol. The van der Waals surface area contributed by atoms with Crippen LogP contribution in [0.15, 0.2) is 64.6 Å². The first-order chi connectivity index (χ1) is 13.5. The summed E-state index contributed by atoms with van der Waals surface area (Å²) in [5.74, 6) is -0.756. The number of nitrogens with one attached hydrogen (secondary N) is 2. The van der Waals surface area contributed by atoms with Crippen molar-refractivity contribution in [2.45, 2.75) is 12.1 Å². The third-order valence-electron chi connectivity index (χ3n) is 4.20. The molecule has 0 radical (unpaired) electrons. The molecule has 3 N–H and O–H groups in total. The van der Waals surface area contributed by atoms with Gasteiger partial charge in [0.15, 0.2) is 5.60 Å². The topological polar surface area (TPSA) is 101 Å². The minimum atomic E-state index is -1.56. The molecule has 2 aromatic heterocycles. The molecule has 8 heteroatoms. The largest absolute Gasteiger partial charge is 0.496 e. The van der Waals surface area contributed by atoms with Gasteiger partial charge < -0.3 is 24.9 Å². The van der Waals surface area contributed by atoms with Crippen LogP contribution in [-0.4, -0.2) is 30.6 Å². The lowest BCUT2D eigenvalue weighted by Gasteiger charge is -2.25. The van der Waals surface area contributed by atoms with Crippen LogP contribution < -0.4 is 15.4 Å². The van der Waals surface area contributed by atoms with Crippen molar-refractivity contribution in [1.82, 2.24) is 10.6 Å². The number of methoxy groups -OCH3 is 1. The third kappa shape index (κ3) is 4.24. The third-order valence-corrected chi connectivity index (χ3v) is 5.22. The molecular formula is C20H20N2O5S. The van der Waals surface area contributed by atoms with Crippen molar-refractivity contribution in [3.63, 3.8) is 0 Å². The van der Waals surface area contributed by atoms with Gasteiger partial charge in [0.2, 0.25) is 0 Å². The fourth-order valence-corrected chi connectivity index (χ4v) is 3.55. The predicted octanol–water partition coefficient (Wildman–Crippen LogP) is 2.02. The summed E-state index contributed by atoms with van der Waals surface area (Å²) in [5.41, 5.74) is -0.812. The molecule has 146 valence electrons. The molecule has 2 amide bonds. The second kappa shape index (κ2) is 8.73. The van der Waals surface area contributed by atoms with E-state index in [2.05, 4.69) is 10.6 Å². The molecule has 0 spiro atoms. The van der Waals surface area contributed by atoms with E-state index in [-0.39, 0.29) is 18.8 Å². The van der Waals surface area contributed by atoms with Gasteiger partial charge in [-0.3, -0.25) is 9.59 Å². The lowest BCUT2D eigenvalue weighted by atomic mass is 9.98. The monoisotopic (exact) mass is 400 g/mol. The van der Waals surface area contributed by atoms with Crippen LogP contribution in [0, 0.1) is 0 Å². The zero-order valence-electron chi connectivity index (χ0n) is 15.2. The molecule has 0 aliphatic carbocycles. The molecule has 28 heavy (non-hydrogen) atoms. The van der Waals surface area contributed by atoms with E-state index < -0.39 is 17.4 Å². The predicted molar refractivity (Wildman–Crippen MR) is 104 cm³/mol. The highest BCUT2D eigenvalue weighted by Crippen LogP contribution is 2.32. The molecule has 0 saturated heterocycles. The van der Waals surface area contributed by atoms with Crippen molar-refractivity contribution < 1.29 is 23.8 Å². The Morgan fingerprint density at radius 1 is 1.11 bits per heavy atom. The zero-order valence-corrected chi connectivity index (χ0v) is 16.0. The minimum Gasteiger partial charge on any atom is -0.496 e. The molecule has 2 heterocycles. The molecule has 0 unspecified atom stereocenters. The normalized spacial score (nSPS) is 12.8. The number of hydrogen-bond acceptors (Lipinski definition) is 6. The summed E-state index contributed by atoms with van der Waals surface area (Å²) in [6.07, 6.45) is 1.44. The highest BCUT2D eigenvalue weighted by Gasteiger charge is 2.36. The molecule has 0 aliphatic heterocycles. The average molecular weight is 400 g/mol. The summed E-state index contributed by atoms with van der Waals surface area (Å²) in [7, 11) is 1.54. The zero-order chi connectivity index (χ0) is 20.0. The molecule has 3 rings (SSSR count). The van der Waals surface area contributed by atoms with Crippen LogP contribution in [0.1, 0.15) is 16.2 Å². The number of hydrogen-bond donors (Lipinski definition) is 3. The van der Waals surface area contributed by atoms with Gasteiger partial charge in [0, 0.05) is 17.0 Å². The van der Waals surface area contributed by atoms with E-state index in [9.17, 15) is 14.7 Å². The molecule has 0 bridgehead atoms. The Balaban J connectivity index is 1.62. The van der Waals surface area contributed by atoms with E-state index >= 15 is 0 Å². The molecule has 3 aromatic rings. The SMILES string of the molecule is COc1ccccc1CNC(=O)C(=O)NC[C@](O)(c1ccco1)c1cccs1. The van der Waals surface area contributed by atoms with Crippen molar-refractivity contribution in [1.29, 1.82) is 0 Å². The molecule has 7 nitrogen and oxygen atoms in total. The number of carbonyl (C=O) groups is 2. The van der Waals surface area contributed by atoms with E-state index in [4.69, 9.17) is 9.15 Å². The Labute approximate surface area is 166 Å². The number of benzene rings is 1. The van der Waals surface area contributed by atoms with Gasteiger partial charge in [-0.05, 0) is 29.6 Å². The van der Waals surface area contributed by atoms with Crippen molar-refractivity contribution in [2.24, 2.45) is 0 Å². The Morgan fingerprint density at radius 2 is 1.89 bits per heavy atom. The number of carbonyl (C=O) groups excluding carboxylic acids is 2. The number of furan rings is 1. The summed E-state index contributed by atoms with van der Waals surface area (Å²) in [6, 6.07) is 14.0. The number of para-hydroxylation sites is 1. The second-order valence-corrected chi connectivity index (χ2v) is 6.94. The Kier molecular flexibility index (Phi) is 6.13. The van der Waals surface area contributed by atoms with Gasteiger partial charge in [-0.25, -0.2) is 0 Å². The van der Waals surface area contributed by atoms with Crippen LogP contribution in [0.25, 0.3) is 0 Å². The van der Waals surface area contributed by atoms with Gasteiger partial charge in [-0.15, -0.1) is 11.3 Å². The van der Waals surface area contributed by atoms with E-state index in [1.807, 2.05) is 17.5 Å². The first-order valence-electron chi connectivity index (χ1n) is 8.53. The molecule has 0 aliphatic rings. The Hall–Kier alpha value is -3.10. The highest BCUT2D eigenvalue weighted by molar-refractivity contribution is 7.10. The lowest BCUT2D eigenvalue weighted by molar-refractivity contribution is -0.139. The van der Waals surface area contributed by atoms with Crippen LogP contribution in [0.3, 0.4) is 0 Å². The first-order valence-corrected chi connectivity index (χ1v) is 9.41. The Morgan fingerprint density at radius 3 is 2.57 bits per heavy atom. The number of rotatable bonds is 7. The summed E-state index contributed by atoms with van der Waals surface area (Å²) in [4.78, 5) is 24.9. The van der Waals surface area contributed by atoms with Crippen molar-refractivity contribution in [2.75, 3.05) is 13.7 Å². The maximum atomic E-state index is 12.2. The van der Waals surface area contributed by atoms with E-state index in [1.165, 1.54) is 24.7 Å². The van der Waals surface area contributed by atoms with Crippen molar-refractivity contribution >= 4 is 23.2 Å². The fourth-order valence-electron chi connectivity index (χ4n) is 2.72. The fraction of sp³-hybridized carbons (Fsp3) is 0.200. The lowest BCUT2D eigenvalue weighted by Crippen LogP contribution is -2.46. The summed E-state index contributed by atoms with van der Waals surface area (Å²) >= 11 is 1.32. The van der Waals surface area contributed by atoms with E-state index in [0.717, 1.165) is 5.56 Å². The summed E-state index contributed by atoms with van der Waals surface area (Å²) in [6.45, 7) is -0.0639. The quantitative estimate of drug-likeness (QED) is 0.527. The first kappa shape index (κ1) is 19.7. The highest BCUT2D eigenvalue weighted by atomic mass is 32.1. The standard InChI is InChI=1S/C20H20N2O5S/c1-26-15-7-3-2-6-14(15)12-21-18(23)19(24)22-13-20(25,16-8-4-10-27-16)17-9-5-11-28-17/h2-11,25H,12-13H2,1H3,(H,21,23)(H,22,24)/t20-/m0/s1. The van der Waals surface area contributed by atoms with Gasteiger partial charge in [0.05, 0.1) is 19.9 Å². The minimum absolute atomic E-state index is 0.143. The van der Waals surface area contributed by atoms with E-state index in [1.54, 1.807) is 36.4 Å². The smallest absolute Gasteiger partial charge is 0.309 e. The van der Waals surface area contributed by atoms with Crippen LogP contribution >= 0.6 is 11.3 Å². The van der Waals surface area contributed by atoms with Crippen LogP contribution in [0.4, 0.5) is 0 Å². The molecule has 0 saturated carbocycles. The number of amides is 2. The molecule has 0 fully saturated rings. The Bertz CT molecular complexity index is 888. The number of thiophene rings is 1. The van der Waals surface area contributed by atoms with Crippen molar-refractivity contribution in [3.8, 4) is 5.75 Å². The van der Waals surface area contributed by atoms with Crippen LogP contribution in [-0.2, 0) is 21.7 Å².